The highest BCUT2D eigenvalue weighted by molar-refractivity contribution is 6.10. The van der Waals surface area contributed by atoms with Crippen molar-refractivity contribution in [3.8, 4) is 0 Å². The van der Waals surface area contributed by atoms with Crippen molar-refractivity contribution < 1.29 is 18.0 Å². The van der Waals surface area contributed by atoms with E-state index in [1.54, 1.807) is 54.6 Å². The molecule has 0 N–H and O–H groups in total. The lowest BCUT2D eigenvalue weighted by Gasteiger charge is -2.18. The van der Waals surface area contributed by atoms with Crippen molar-refractivity contribution in [1.82, 2.24) is 0 Å². The van der Waals surface area contributed by atoms with E-state index >= 15 is 0 Å². The van der Waals surface area contributed by atoms with Gasteiger partial charge in [0.1, 0.15) is 0 Å². The van der Waals surface area contributed by atoms with Crippen LogP contribution in [0.1, 0.15) is 17.9 Å². The van der Waals surface area contributed by atoms with E-state index in [1.807, 2.05) is 0 Å². The molecule has 21 heavy (non-hydrogen) atoms. The first-order chi connectivity index (χ1) is 9.97. The van der Waals surface area contributed by atoms with Crippen LogP contribution in [0.4, 0.5) is 24.5 Å². The topological polar surface area (TPSA) is 20.3 Å². The molecule has 3 rings (SSSR count). The number of amides is 1. The Morgan fingerprint density at radius 1 is 0.952 bits per heavy atom. The van der Waals surface area contributed by atoms with Crippen LogP contribution in [0.5, 0.6) is 0 Å². The van der Waals surface area contributed by atoms with Crippen molar-refractivity contribution in [3.05, 3.63) is 60.2 Å². The van der Waals surface area contributed by atoms with E-state index in [4.69, 9.17) is 0 Å². The molecule has 1 atom stereocenters. The minimum absolute atomic E-state index is 0.434. The van der Waals surface area contributed by atoms with Crippen LogP contribution in [-0.4, -0.2) is 12.1 Å². The van der Waals surface area contributed by atoms with E-state index in [2.05, 4.69) is 0 Å². The fourth-order valence-electron chi connectivity index (χ4n) is 2.67. The Labute approximate surface area is 119 Å². The molecule has 1 heterocycles. The molecule has 1 aliphatic heterocycles. The summed E-state index contributed by atoms with van der Waals surface area (Å²) in [6, 6.07) is 15.4. The summed E-state index contributed by atoms with van der Waals surface area (Å²) in [5.41, 5.74) is 1.55. The van der Waals surface area contributed by atoms with Gasteiger partial charge in [0.05, 0.1) is 18.0 Å². The number of hydrogen-bond acceptors (Lipinski definition) is 1. The highest BCUT2D eigenvalue weighted by atomic mass is 19.4. The predicted octanol–water partition coefficient (Wildman–Crippen LogP) is 4.40. The molecule has 5 heteroatoms. The van der Waals surface area contributed by atoms with Gasteiger partial charge in [0.25, 0.3) is 0 Å². The van der Waals surface area contributed by atoms with E-state index in [0.29, 0.717) is 16.9 Å². The molecular weight excluding hydrogens is 279 g/mol. The van der Waals surface area contributed by atoms with Gasteiger partial charge in [-0.2, -0.15) is 13.2 Å². The average molecular weight is 291 g/mol. The molecule has 0 aliphatic carbocycles. The third-order valence-corrected chi connectivity index (χ3v) is 3.52. The number of para-hydroxylation sites is 2. The lowest BCUT2D eigenvalue weighted by Crippen LogP contribution is -2.26. The molecule has 0 saturated heterocycles. The Balaban J connectivity index is 2.07. The number of rotatable bonds is 2. The summed E-state index contributed by atoms with van der Waals surface area (Å²) < 4.78 is 38.2. The summed E-state index contributed by atoms with van der Waals surface area (Å²) >= 11 is 0. The number of carbonyl (C=O) groups excluding carboxylic acids is 1. The molecule has 0 aromatic heterocycles. The van der Waals surface area contributed by atoms with E-state index in [1.165, 1.54) is 4.90 Å². The number of halogens is 3. The summed E-state index contributed by atoms with van der Waals surface area (Å²) in [5, 5.41) is 0. The number of carbonyl (C=O) groups is 1. The van der Waals surface area contributed by atoms with Gasteiger partial charge in [-0.05, 0) is 23.8 Å². The molecule has 0 bridgehead atoms. The standard InChI is InChI=1S/C16H12F3NO/c17-16(18,19)10-13-12-8-4-5-9-14(12)20(15(13)21)11-6-2-1-3-7-11/h1-9,13H,10H2. The zero-order chi connectivity index (χ0) is 15.0. The van der Waals surface area contributed by atoms with Gasteiger partial charge in [0.2, 0.25) is 5.91 Å². The van der Waals surface area contributed by atoms with E-state index in [0.717, 1.165) is 0 Å². The first kappa shape index (κ1) is 13.7. The summed E-state index contributed by atoms with van der Waals surface area (Å²) in [6.45, 7) is 0. The number of hydrogen-bond donors (Lipinski definition) is 0. The number of anilines is 2. The zero-order valence-electron chi connectivity index (χ0n) is 11.0. The fourth-order valence-corrected chi connectivity index (χ4v) is 2.67. The third kappa shape index (κ3) is 2.51. The third-order valence-electron chi connectivity index (χ3n) is 3.52. The first-order valence-electron chi connectivity index (χ1n) is 6.52. The quantitative estimate of drug-likeness (QED) is 0.803. The molecule has 0 saturated carbocycles. The van der Waals surface area contributed by atoms with Crippen LogP contribution in [0.15, 0.2) is 54.6 Å². The van der Waals surface area contributed by atoms with Crippen LogP contribution in [0.25, 0.3) is 0 Å². The second-order valence-corrected chi connectivity index (χ2v) is 4.94. The van der Waals surface area contributed by atoms with Crippen molar-refractivity contribution >= 4 is 17.3 Å². The molecule has 1 unspecified atom stereocenters. The minimum Gasteiger partial charge on any atom is -0.280 e. The summed E-state index contributed by atoms with van der Waals surface area (Å²) in [7, 11) is 0. The van der Waals surface area contributed by atoms with Crippen molar-refractivity contribution in [2.24, 2.45) is 0 Å². The smallest absolute Gasteiger partial charge is 0.280 e. The number of fused-ring (bicyclic) bond motifs is 1. The van der Waals surface area contributed by atoms with E-state index in [-0.39, 0.29) is 0 Å². The molecule has 1 amide bonds. The van der Waals surface area contributed by atoms with Crippen molar-refractivity contribution in [1.29, 1.82) is 0 Å². The van der Waals surface area contributed by atoms with Gasteiger partial charge in [-0.3, -0.25) is 9.69 Å². The molecule has 2 nitrogen and oxygen atoms in total. The number of benzene rings is 2. The Bertz CT molecular complexity index is 667. The zero-order valence-corrected chi connectivity index (χ0v) is 11.0. The largest absolute Gasteiger partial charge is 0.390 e. The highest BCUT2D eigenvalue weighted by Gasteiger charge is 2.44. The summed E-state index contributed by atoms with van der Waals surface area (Å²) in [5.74, 6) is -1.69. The molecule has 2 aromatic carbocycles. The van der Waals surface area contributed by atoms with Crippen LogP contribution in [0, 0.1) is 0 Å². The van der Waals surface area contributed by atoms with Crippen LogP contribution >= 0.6 is 0 Å². The number of nitrogens with zero attached hydrogens (tertiary/aromatic N) is 1. The van der Waals surface area contributed by atoms with Crippen LogP contribution < -0.4 is 4.90 Å². The number of alkyl halides is 3. The van der Waals surface area contributed by atoms with Gasteiger partial charge in [-0.1, -0.05) is 36.4 Å². The van der Waals surface area contributed by atoms with Crippen LogP contribution in [0.2, 0.25) is 0 Å². The Kier molecular flexibility index (Phi) is 3.20. The highest BCUT2D eigenvalue weighted by Crippen LogP contribution is 2.45. The van der Waals surface area contributed by atoms with Gasteiger partial charge in [-0.25, -0.2) is 0 Å². The van der Waals surface area contributed by atoms with Crippen molar-refractivity contribution in [3.63, 3.8) is 0 Å². The van der Waals surface area contributed by atoms with Gasteiger partial charge in [0.15, 0.2) is 0 Å². The first-order valence-corrected chi connectivity index (χ1v) is 6.52. The molecular formula is C16H12F3NO. The maximum absolute atomic E-state index is 12.7. The SMILES string of the molecule is O=C1C(CC(F)(F)F)c2ccccc2N1c1ccccc1. The summed E-state index contributed by atoms with van der Waals surface area (Å²) in [6.07, 6.45) is -5.51. The second kappa shape index (κ2) is 4.91. The minimum atomic E-state index is -4.37. The average Bonchev–Trinajstić information content (AvgIpc) is 2.71. The lowest BCUT2D eigenvalue weighted by atomic mass is 9.97. The monoisotopic (exact) mass is 291 g/mol. The second-order valence-electron chi connectivity index (χ2n) is 4.94. The van der Waals surface area contributed by atoms with Gasteiger partial charge in [0, 0.05) is 5.69 Å². The van der Waals surface area contributed by atoms with E-state index < -0.39 is 24.4 Å². The lowest BCUT2D eigenvalue weighted by molar-refractivity contribution is -0.145. The van der Waals surface area contributed by atoms with Gasteiger partial charge < -0.3 is 0 Å². The summed E-state index contributed by atoms with van der Waals surface area (Å²) in [4.78, 5) is 13.8. The molecule has 2 aromatic rings. The van der Waals surface area contributed by atoms with Crippen LogP contribution in [0.3, 0.4) is 0 Å². The molecule has 1 aliphatic rings. The normalized spacial score (nSPS) is 18.0. The van der Waals surface area contributed by atoms with Gasteiger partial charge in [-0.15, -0.1) is 0 Å². The Morgan fingerprint density at radius 2 is 1.57 bits per heavy atom. The maximum Gasteiger partial charge on any atom is 0.390 e. The maximum atomic E-state index is 12.7. The predicted molar refractivity (Wildman–Crippen MR) is 73.4 cm³/mol. The fraction of sp³-hybridized carbons (Fsp3) is 0.188. The molecule has 0 spiro atoms. The van der Waals surface area contributed by atoms with Gasteiger partial charge >= 0.3 is 6.18 Å². The van der Waals surface area contributed by atoms with Crippen molar-refractivity contribution in [2.45, 2.75) is 18.5 Å². The Hall–Kier alpha value is -2.30. The van der Waals surface area contributed by atoms with E-state index in [9.17, 15) is 18.0 Å². The molecule has 0 radical (unpaired) electrons. The Morgan fingerprint density at radius 3 is 2.24 bits per heavy atom. The molecule has 0 fully saturated rings. The van der Waals surface area contributed by atoms with Crippen LogP contribution in [-0.2, 0) is 4.79 Å². The van der Waals surface area contributed by atoms with Crippen molar-refractivity contribution in [2.75, 3.05) is 4.90 Å². The molecule has 108 valence electrons.